The van der Waals surface area contributed by atoms with Crippen LogP contribution in [0.2, 0.25) is 0 Å². The molecule has 1 aromatic heterocycles. The van der Waals surface area contributed by atoms with Crippen molar-refractivity contribution in [1.29, 1.82) is 0 Å². The predicted molar refractivity (Wildman–Crippen MR) is 95.8 cm³/mol. The molecule has 25 heavy (non-hydrogen) atoms. The minimum atomic E-state index is -0.183. The highest BCUT2D eigenvalue weighted by atomic mass is 16.2. The largest absolute Gasteiger partial charge is 0.336 e. The Balaban J connectivity index is 1.37. The Bertz CT molecular complexity index is 659. The molecule has 4 bridgehead atoms. The van der Waals surface area contributed by atoms with Gasteiger partial charge in [0.25, 0.3) is 0 Å². The smallest absolute Gasteiger partial charge is 0.245 e. The maximum atomic E-state index is 13.0. The Morgan fingerprint density at radius 1 is 1.16 bits per heavy atom. The molecule has 0 aliphatic heterocycles. The van der Waals surface area contributed by atoms with Gasteiger partial charge in [-0.1, -0.05) is 0 Å². The fourth-order valence-electron chi connectivity index (χ4n) is 5.66. The standard InChI is InChI=1S/C20H27N3O2/c1-12-3-4-21-17(5-12)22-18(24)11-23(2)20(25)19-15-7-13-6-14(9-15)10-16(19)8-13/h3-5,13-16,19H,6-11H2,1-2H3,(H,21,22,24). The molecule has 4 saturated carbocycles. The van der Waals surface area contributed by atoms with Crippen molar-refractivity contribution < 1.29 is 9.59 Å². The molecule has 1 N–H and O–H groups in total. The summed E-state index contributed by atoms with van der Waals surface area (Å²) in [6.45, 7) is 2.05. The Kier molecular flexibility index (Phi) is 4.26. The highest BCUT2D eigenvalue weighted by Crippen LogP contribution is 2.56. The number of anilines is 1. The Morgan fingerprint density at radius 3 is 2.40 bits per heavy atom. The van der Waals surface area contributed by atoms with Crippen LogP contribution in [0, 0.1) is 36.5 Å². The molecule has 5 nitrogen and oxygen atoms in total. The summed E-state index contributed by atoms with van der Waals surface area (Å²) in [7, 11) is 1.76. The van der Waals surface area contributed by atoms with Gasteiger partial charge in [0.05, 0.1) is 6.54 Å². The molecule has 4 aliphatic carbocycles. The van der Waals surface area contributed by atoms with E-state index in [1.54, 1.807) is 18.1 Å². The maximum Gasteiger partial charge on any atom is 0.245 e. The predicted octanol–water partition coefficient (Wildman–Crippen LogP) is 2.86. The molecule has 5 heteroatoms. The van der Waals surface area contributed by atoms with E-state index in [0.717, 1.165) is 17.4 Å². The van der Waals surface area contributed by atoms with E-state index >= 15 is 0 Å². The number of nitrogens with zero attached hydrogens (tertiary/aromatic N) is 2. The monoisotopic (exact) mass is 341 g/mol. The first-order valence-corrected chi connectivity index (χ1v) is 9.47. The number of aryl methyl sites for hydroxylation is 1. The molecule has 2 amide bonds. The first-order chi connectivity index (χ1) is 12.0. The van der Waals surface area contributed by atoms with Gasteiger partial charge < -0.3 is 10.2 Å². The average Bonchev–Trinajstić information content (AvgIpc) is 2.53. The molecule has 134 valence electrons. The molecule has 5 rings (SSSR count). The fourth-order valence-corrected chi connectivity index (χ4v) is 5.66. The Labute approximate surface area is 149 Å². The molecule has 0 spiro atoms. The lowest BCUT2D eigenvalue weighted by Gasteiger charge is -2.54. The van der Waals surface area contributed by atoms with E-state index in [-0.39, 0.29) is 24.3 Å². The number of rotatable bonds is 4. The minimum absolute atomic E-state index is 0.0945. The summed E-state index contributed by atoms with van der Waals surface area (Å²) >= 11 is 0. The molecule has 4 aliphatic rings. The van der Waals surface area contributed by atoms with Gasteiger partial charge in [0, 0.05) is 19.2 Å². The summed E-state index contributed by atoms with van der Waals surface area (Å²) < 4.78 is 0. The van der Waals surface area contributed by atoms with E-state index in [4.69, 9.17) is 0 Å². The quantitative estimate of drug-likeness (QED) is 0.916. The zero-order valence-corrected chi connectivity index (χ0v) is 15.1. The van der Waals surface area contributed by atoms with Crippen LogP contribution in [0.5, 0.6) is 0 Å². The van der Waals surface area contributed by atoms with E-state index in [2.05, 4.69) is 10.3 Å². The first-order valence-electron chi connectivity index (χ1n) is 9.47. The Hall–Kier alpha value is -1.91. The summed E-state index contributed by atoms with van der Waals surface area (Å²) in [6.07, 6.45) is 7.94. The van der Waals surface area contributed by atoms with Crippen LogP contribution in [0.1, 0.15) is 37.7 Å². The molecular formula is C20H27N3O2. The molecule has 0 aromatic carbocycles. The van der Waals surface area contributed by atoms with E-state index in [9.17, 15) is 9.59 Å². The zero-order valence-electron chi connectivity index (χ0n) is 15.1. The number of hydrogen-bond donors (Lipinski definition) is 1. The second-order valence-corrected chi connectivity index (χ2v) is 8.42. The van der Waals surface area contributed by atoms with Gasteiger partial charge in [-0.2, -0.15) is 0 Å². The van der Waals surface area contributed by atoms with Crippen molar-refractivity contribution in [2.75, 3.05) is 18.9 Å². The topological polar surface area (TPSA) is 62.3 Å². The summed E-state index contributed by atoms with van der Waals surface area (Å²) in [5.41, 5.74) is 1.04. The summed E-state index contributed by atoms with van der Waals surface area (Å²) in [4.78, 5) is 31.1. The van der Waals surface area contributed by atoms with Crippen LogP contribution in [-0.4, -0.2) is 35.3 Å². The van der Waals surface area contributed by atoms with Crippen molar-refractivity contribution in [1.82, 2.24) is 9.88 Å². The number of nitrogens with one attached hydrogen (secondary N) is 1. The summed E-state index contributed by atoms with van der Waals surface area (Å²) in [5.74, 6) is 3.47. The average molecular weight is 341 g/mol. The van der Waals surface area contributed by atoms with E-state index < -0.39 is 0 Å². The number of carbonyl (C=O) groups excluding carboxylic acids is 2. The number of pyridine rings is 1. The van der Waals surface area contributed by atoms with Crippen molar-refractivity contribution in [2.45, 2.75) is 39.0 Å². The molecule has 1 aromatic rings. The van der Waals surface area contributed by atoms with Crippen LogP contribution in [0.3, 0.4) is 0 Å². The van der Waals surface area contributed by atoms with Gasteiger partial charge in [-0.05, 0) is 80.4 Å². The molecular weight excluding hydrogens is 314 g/mol. The maximum absolute atomic E-state index is 13.0. The van der Waals surface area contributed by atoms with Crippen LogP contribution < -0.4 is 5.32 Å². The van der Waals surface area contributed by atoms with Crippen LogP contribution in [-0.2, 0) is 9.59 Å². The number of carbonyl (C=O) groups is 2. The van der Waals surface area contributed by atoms with Gasteiger partial charge in [-0.15, -0.1) is 0 Å². The van der Waals surface area contributed by atoms with Crippen molar-refractivity contribution in [3.63, 3.8) is 0 Å². The fraction of sp³-hybridized carbons (Fsp3) is 0.650. The summed E-state index contributed by atoms with van der Waals surface area (Å²) in [6, 6.07) is 3.72. The zero-order chi connectivity index (χ0) is 17.6. The van der Waals surface area contributed by atoms with Crippen molar-refractivity contribution >= 4 is 17.6 Å². The van der Waals surface area contributed by atoms with Gasteiger partial charge in [0.15, 0.2) is 0 Å². The van der Waals surface area contributed by atoms with Crippen LogP contribution >= 0.6 is 0 Å². The first kappa shape index (κ1) is 16.6. The number of likely N-dealkylation sites (N-methyl/N-ethyl adjacent to an activating group) is 1. The second kappa shape index (κ2) is 6.43. The van der Waals surface area contributed by atoms with Crippen molar-refractivity contribution in [3.05, 3.63) is 23.9 Å². The second-order valence-electron chi connectivity index (χ2n) is 8.42. The molecule has 1 heterocycles. The van der Waals surface area contributed by atoms with Crippen molar-refractivity contribution in [3.8, 4) is 0 Å². The number of hydrogen-bond acceptors (Lipinski definition) is 3. The highest BCUT2D eigenvalue weighted by molar-refractivity contribution is 5.94. The highest BCUT2D eigenvalue weighted by Gasteiger charge is 2.51. The third kappa shape index (κ3) is 3.29. The van der Waals surface area contributed by atoms with E-state index in [1.807, 2.05) is 19.1 Å². The van der Waals surface area contributed by atoms with E-state index in [0.29, 0.717) is 17.7 Å². The van der Waals surface area contributed by atoms with Gasteiger partial charge in [0.2, 0.25) is 11.8 Å². The van der Waals surface area contributed by atoms with Gasteiger partial charge in [0.1, 0.15) is 5.82 Å². The molecule has 0 unspecified atom stereocenters. The van der Waals surface area contributed by atoms with Gasteiger partial charge in [-0.25, -0.2) is 4.98 Å². The molecule has 4 fully saturated rings. The van der Waals surface area contributed by atoms with E-state index in [1.165, 1.54) is 32.1 Å². The molecule has 0 radical (unpaired) electrons. The third-order valence-corrected chi connectivity index (χ3v) is 6.45. The van der Waals surface area contributed by atoms with Crippen LogP contribution in [0.25, 0.3) is 0 Å². The number of amides is 2. The Morgan fingerprint density at radius 2 is 1.80 bits per heavy atom. The SMILES string of the molecule is Cc1ccnc(NC(=O)CN(C)C(=O)C2C3CC4CC(C3)CC2C4)c1. The van der Waals surface area contributed by atoms with Crippen LogP contribution in [0.4, 0.5) is 5.82 Å². The van der Waals surface area contributed by atoms with Gasteiger partial charge in [-0.3, -0.25) is 9.59 Å². The molecule has 0 atom stereocenters. The van der Waals surface area contributed by atoms with Crippen LogP contribution in [0.15, 0.2) is 18.3 Å². The minimum Gasteiger partial charge on any atom is -0.336 e. The molecule has 0 saturated heterocycles. The number of aromatic nitrogens is 1. The normalized spacial score (nSPS) is 32.5. The lowest BCUT2D eigenvalue weighted by Crippen LogP contribution is -2.52. The lowest BCUT2D eigenvalue weighted by atomic mass is 9.51. The third-order valence-electron chi connectivity index (χ3n) is 6.45. The summed E-state index contributed by atoms with van der Waals surface area (Å²) in [5, 5.41) is 2.79. The lowest BCUT2D eigenvalue weighted by molar-refractivity contribution is -0.149. The van der Waals surface area contributed by atoms with Crippen molar-refractivity contribution in [2.24, 2.45) is 29.6 Å². The van der Waals surface area contributed by atoms with Gasteiger partial charge >= 0.3 is 0 Å².